The summed E-state index contributed by atoms with van der Waals surface area (Å²) in [4.78, 5) is 11.9. The standard InChI is InChI=1S/C17H22F2O2/c1-2-3-4-8-11-15(12-13-16(18)19)21-17(20)14-9-6-5-7-10-14/h5-7,9-10,12-13,15-16H,2-4,8,11H2,1H3/b13-12+. The third-order valence-corrected chi connectivity index (χ3v) is 3.08. The fourth-order valence-corrected chi connectivity index (χ4v) is 1.95. The molecule has 1 rings (SSSR count). The summed E-state index contributed by atoms with van der Waals surface area (Å²) in [5.41, 5.74) is 0.432. The number of allylic oxidation sites excluding steroid dienone is 1. The first-order valence-corrected chi connectivity index (χ1v) is 7.36. The molecule has 0 radical (unpaired) electrons. The number of esters is 1. The van der Waals surface area contributed by atoms with Crippen molar-refractivity contribution in [3.8, 4) is 0 Å². The Balaban J connectivity index is 2.57. The Morgan fingerprint density at radius 2 is 1.86 bits per heavy atom. The fraction of sp³-hybridized carbons (Fsp3) is 0.471. The average molecular weight is 296 g/mol. The quantitative estimate of drug-likeness (QED) is 0.364. The predicted molar refractivity (Wildman–Crippen MR) is 79.5 cm³/mol. The van der Waals surface area contributed by atoms with Gasteiger partial charge in [0.2, 0.25) is 0 Å². The monoisotopic (exact) mass is 296 g/mol. The van der Waals surface area contributed by atoms with E-state index in [1.54, 1.807) is 30.3 Å². The molecule has 1 unspecified atom stereocenters. The summed E-state index contributed by atoms with van der Waals surface area (Å²) in [5, 5.41) is 0. The molecule has 0 fully saturated rings. The van der Waals surface area contributed by atoms with E-state index in [0.717, 1.165) is 31.8 Å². The van der Waals surface area contributed by atoms with Crippen LogP contribution in [0, 0.1) is 0 Å². The van der Waals surface area contributed by atoms with Crippen LogP contribution in [0.15, 0.2) is 42.5 Å². The minimum Gasteiger partial charge on any atom is -0.455 e. The van der Waals surface area contributed by atoms with Crippen LogP contribution in [0.25, 0.3) is 0 Å². The molecule has 0 aliphatic rings. The highest BCUT2D eigenvalue weighted by atomic mass is 19.3. The summed E-state index contributed by atoms with van der Waals surface area (Å²) in [6, 6.07) is 8.57. The summed E-state index contributed by atoms with van der Waals surface area (Å²) in [6.45, 7) is 2.10. The number of rotatable bonds is 9. The molecule has 21 heavy (non-hydrogen) atoms. The van der Waals surface area contributed by atoms with Crippen molar-refractivity contribution in [3.05, 3.63) is 48.0 Å². The van der Waals surface area contributed by atoms with Gasteiger partial charge < -0.3 is 4.74 Å². The Hall–Kier alpha value is -1.71. The van der Waals surface area contributed by atoms with Crippen molar-refractivity contribution in [1.82, 2.24) is 0 Å². The second-order valence-electron chi connectivity index (χ2n) is 4.88. The Morgan fingerprint density at radius 3 is 2.48 bits per heavy atom. The van der Waals surface area contributed by atoms with Crippen molar-refractivity contribution >= 4 is 5.97 Å². The first-order valence-electron chi connectivity index (χ1n) is 7.36. The van der Waals surface area contributed by atoms with Crippen LogP contribution in [0.2, 0.25) is 0 Å². The lowest BCUT2D eigenvalue weighted by Gasteiger charge is -2.14. The van der Waals surface area contributed by atoms with Gasteiger partial charge in [0.25, 0.3) is 6.43 Å². The third kappa shape index (κ3) is 7.59. The van der Waals surface area contributed by atoms with Gasteiger partial charge in [0.15, 0.2) is 0 Å². The van der Waals surface area contributed by atoms with Crippen molar-refractivity contribution in [3.63, 3.8) is 0 Å². The van der Waals surface area contributed by atoms with Crippen LogP contribution in [0.4, 0.5) is 8.78 Å². The van der Waals surface area contributed by atoms with E-state index < -0.39 is 18.5 Å². The SMILES string of the molecule is CCCCCCC(/C=C/C(F)F)OC(=O)c1ccccc1. The third-order valence-electron chi connectivity index (χ3n) is 3.08. The molecule has 1 atom stereocenters. The first kappa shape index (κ1) is 17.3. The zero-order valence-corrected chi connectivity index (χ0v) is 12.3. The number of benzene rings is 1. The molecule has 0 bridgehead atoms. The summed E-state index contributed by atoms with van der Waals surface area (Å²) in [5.74, 6) is -0.477. The molecule has 0 amide bonds. The predicted octanol–water partition coefficient (Wildman–Crippen LogP) is 5.00. The Morgan fingerprint density at radius 1 is 1.14 bits per heavy atom. The van der Waals surface area contributed by atoms with Gasteiger partial charge >= 0.3 is 5.97 Å². The molecular formula is C17H22F2O2. The van der Waals surface area contributed by atoms with Gasteiger partial charge in [-0.25, -0.2) is 13.6 Å². The summed E-state index contributed by atoms with van der Waals surface area (Å²) >= 11 is 0. The van der Waals surface area contributed by atoms with E-state index in [-0.39, 0.29) is 0 Å². The molecule has 0 aliphatic carbocycles. The molecule has 0 saturated heterocycles. The topological polar surface area (TPSA) is 26.3 Å². The van der Waals surface area contributed by atoms with Crippen LogP contribution < -0.4 is 0 Å². The van der Waals surface area contributed by atoms with Crippen molar-refractivity contribution in [2.45, 2.75) is 51.6 Å². The van der Waals surface area contributed by atoms with Gasteiger partial charge in [-0.3, -0.25) is 0 Å². The van der Waals surface area contributed by atoms with Crippen molar-refractivity contribution in [2.75, 3.05) is 0 Å². The van der Waals surface area contributed by atoms with Crippen LogP contribution >= 0.6 is 0 Å². The first-order chi connectivity index (χ1) is 10.1. The minimum absolute atomic E-state index is 0.432. The molecule has 0 saturated carbocycles. The molecule has 0 aromatic heterocycles. The zero-order chi connectivity index (χ0) is 15.5. The average Bonchev–Trinajstić information content (AvgIpc) is 2.49. The summed E-state index contributed by atoms with van der Waals surface area (Å²) in [7, 11) is 0. The second kappa shape index (κ2) is 10.1. The highest BCUT2D eigenvalue weighted by molar-refractivity contribution is 5.89. The maximum atomic E-state index is 12.3. The van der Waals surface area contributed by atoms with Gasteiger partial charge in [0.05, 0.1) is 5.56 Å². The molecule has 4 heteroatoms. The van der Waals surface area contributed by atoms with Gasteiger partial charge in [0.1, 0.15) is 6.10 Å². The van der Waals surface area contributed by atoms with Crippen molar-refractivity contribution in [1.29, 1.82) is 0 Å². The van der Waals surface area contributed by atoms with E-state index in [0.29, 0.717) is 12.0 Å². The van der Waals surface area contributed by atoms with Crippen LogP contribution in [-0.2, 0) is 4.74 Å². The number of alkyl halides is 2. The zero-order valence-electron chi connectivity index (χ0n) is 12.3. The second-order valence-corrected chi connectivity index (χ2v) is 4.88. The molecule has 0 spiro atoms. The number of hydrogen-bond donors (Lipinski definition) is 0. The Labute approximate surface area is 124 Å². The Kier molecular flexibility index (Phi) is 8.32. The normalized spacial score (nSPS) is 12.8. The number of hydrogen-bond acceptors (Lipinski definition) is 2. The number of halogens is 2. The van der Waals surface area contributed by atoms with Crippen molar-refractivity contribution in [2.24, 2.45) is 0 Å². The lowest BCUT2D eigenvalue weighted by Crippen LogP contribution is -2.16. The van der Waals surface area contributed by atoms with E-state index in [1.165, 1.54) is 6.08 Å². The molecule has 0 N–H and O–H groups in total. The molecular weight excluding hydrogens is 274 g/mol. The van der Waals surface area contributed by atoms with E-state index in [1.807, 2.05) is 0 Å². The molecule has 2 nitrogen and oxygen atoms in total. The van der Waals surface area contributed by atoms with E-state index in [4.69, 9.17) is 4.74 Å². The fourth-order valence-electron chi connectivity index (χ4n) is 1.95. The van der Waals surface area contributed by atoms with E-state index in [2.05, 4.69) is 6.92 Å². The van der Waals surface area contributed by atoms with Gasteiger partial charge in [-0.2, -0.15) is 0 Å². The van der Waals surface area contributed by atoms with E-state index in [9.17, 15) is 13.6 Å². The number of ether oxygens (including phenoxy) is 1. The van der Waals surface area contributed by atoms with Gasteiger partial charge in [-0.1, -0.05) is 44.4 Å². The largest absolute Gasteiger partial charge is 0.455 e. The maximum absolute atomic E-state index is 12.3. The molecule has 1 aromatic carbocycles. The Bertz CT molecular complexity index is 430. The number of carbonyl (C=O) groups is 1. The van der Waals surface area contributed by atoms with Gasteiger partial charge in [-0.15, -0.1) is 0 Å². The van der Waals surface area contributed by atoms with E-state index >= 15 is 0 Å². The molecule has 0 aliphatic heterocycles. The number of unbranched alkanes of at least 4 members (excludes halogenated alkanes) is 3. The lowest BCUT2D eigenvalue weighted by atomic mass is 10.1. The maximum Gasteiger partial charge on any atom is 0.338 e. The van der Waals surface area contributed by atoms with Crippen LogP contribution in [0.1, 0.15) is 49.4 Å². The van der Waals surface area contributed by atoms with Crippen LogP contribution in [-0.4, -0.2) is 18.5 Å². The van der Waals surface area contributed by atoms with Crippen molar-refractivity contribution < 1.29 is 18.3 Å². The van der Waals surface area contributed by atoms with Crippen LogP contribution in [0.3, 0.4) is 0 Å². The molecule has 1 aromatic rings. The van der Waals surface area contributed by atoms with Crippen LogP contribution in [0.5, 0.6) is 0 Å². The minimum atomic E-state index is -2.53. The summed E-state index contributed by atoms with van der Waals surface area (Å²) < 4.78 is 29.9. The highest BCUT2D eigenvalue weighted by Crippen LogP contribution is 2.13. The lowest BCUT2D eigenvalue weighted by molar-refractivity contribution is 0.0372. The summed E-state index contributed by atoms with van der Waals surface area (Å²) in [6.07, 6.45) is 3.58. The van der Waals surface area contributed by atoms with Gasteiger partial charge in [0, 0.05) is 0 Å². The molecule has 0 heterocycles. The molecule has 116 valence electrons. The number of carbonyl (C=O) groups excluding carboxylic acids is 1. The highest BCUT2D eigenvalue weighted by Gasteiger charge is 2.13. The van der Waals surface area contributed by atoms with Gasteiger partial charge in [-0.05, 0) is 37.1 Å². The smallest absolute Gasteiger partial charge is 0.338 e.